The van der Waals surface area contributed by atoms with E-state index >= 15 is 0 Å². The monoisotopic (exact) mass is 250 g/mol. The SMILES string of the molecule is Cc1cc(C(=O)N(C)CC(=O)N(C)C)ccc1O. The molecule has 0 fully saturated rings. The van der Waals surface area contributed by atoms with Gasteiger partial charge in [-0.3, -0.25) is 9.59 Å². The van der Waals surface area contributed by atoms with Crippen molar-refractivity contribution in [2.24, 2.45) is 0 Å². The molecule has 0 aliphatic rings. The molecule has 1 aromatic carbocycles. The van der Waals surface area contributed by atoms with Crippen LogP contribution in [0.25, 0.3) is 0 Å². The van der Waals surface area contributed by atoms with E-state index in [1.165, 1.54) is 15.9 Å². The lowest BCUT2D eigenvalue weighted by atomic mass is 10.1. The summed E-state index contributed by atoms with van der Waals surface area (Å²) < 4.78 is 0. The first-order chi connectivity index (χ1) is 8.32. The van der Waals surface area contributed by atoms with E-state index in [4.69, 9.17) is 0 Å². The molecule has 0 radical (unpaired) electrons. The number of phenolic OH excluding ortho intramolecular Hbond substituents is 1. The highest BCUT2D eigenvalue weighted by Gasteiger charge is 2.16. The van der Waals surface area contributed by atoms with Gasteiger partial charge in [-0.1, -0.05) is 0 Å². The Labute approximate surface area is 107 Å². The summed E-state index contributed by atoms with van der Waals surface area (Å²) in [5.74, 6) is -0.228. The number of phenols is 1. The van der Waals surface area contributed by atoms with Crippen molar-refractivity contribution in [3.63, 3.8) is 0 Å². The van der Waals surface area contributed by atoms with Crippen LogP contribution in [0, 0.1) is 6.92 Å². The number of likely N-dealkylation sites (N-methyl/N-ethyl adjacent to an activating group) is 2. The molecule has 0 unspecified atom stereocenters. The van der Waals surface area contributed by atoms with Crippen LogP contribution >= 0.6 is 0 Å². The zero-order valence-electron chi connectivity index (χ0n) is 11.1. The van der Waals surface area contributed by atoms with Gasteiger partial charge in [-0.05, 0) is 30.7 Å². The third-order valence-corrected chi connectivity index (χ3v) is 2.66. The minimum atomic E-state index is -0.242. The highest BCUT2D eigenvalue weighted by Crippen LogP contribution is 2.17. The maximum absolute atomic E-state index is 12.0. The minimum Gasteiger partial charge on any atom is -0.508 e. The van der Waals surface area contributed by atoms with Gasteiger partial charge in [0.15, 0.2) is 0 Å². The van der Waals surface area contributed by atoms with E-state index in [-0.39, 0.29) is 24.1 Å². The van der Waals surface area contributed by atoms with Gasteiger partial charge in [0, 0.05) is 26.7 Å². The number of amides is 2. The van der Waals surface area contributed by atoms with Crippen LogP contribution in [-0.2, 0) is 4.79 Å². The third-order valence-electron chi connectivity index (χ3n) is 2.66. The fourth-order valence-corrected chi connectivity index (χ4v) is 1.42. The normalized spacial score (nSPS) is 10.0. The smallest absolute Gasteiger partial charge is 0.254 e. The Hall–Kier alpha value is -2.04. The van der Waals surface area contributed by atoms with Crippen molar-refractivity contribution < 1.29 is 14.7 Å². The molecular formula is C13H18N2O3. The molecule has 0 aliphatic carbocycles. The van der Waals surface area contributed by atoms with Crippen molar-refractivity contribution in [2.75, 3.05) is 27.7 Å². The van der Waals surface area contributed by atoms with Crippen LogP contribution in [-0.4, -0.2) is 54.4 Å². The Morgan fingerprint density at radius 3 is 2.33 bits per heavy atom. The molecule has 0 atom stereocenters. The summed E-state index contributed by atoms with van der Waals surface area (Å²) in [7, 11) is 4.86. The quantitative estimate of drug-likeness (QED) is 0.865. The summed E-state index contributed by atoms with van der Waals surface area (Å²) in [6, 6.07) is 4.62. The summed E-state index contributed by atoms with van der Waals surface area (Å²) >= 11 is 0. The van der Waals surface area contributed by atoms with Crippen LogP contribution in [0.5, 0.6) is 5.75 Å². The number of carbonyl (C=O) groups is 2. The topological polar surface area (TPSA) is 60.9 Å². The number of rotatable bonds is 3. The second-order valence-corrected chi connectivity index (χ2v) is 4.45. The Morgan fingerprint density at radius 1 is 1.22 bits per heavy atom. The van der Waals surface area contributed by atoms with E-state index in [0.29, 0.717) is 11.1 Å². The summed E-state index contributed by atoms with van der Waals surface area (Å²) in [4.78, 5) is 26.3. The summed E-state index contributed by atoms with van der Waals surface area (Å²) in [5.41, 5.74) is 1.09. The number of aromatic hydroxyl groups is 1. The van der Waals surface area contributed by atoms with Crippen molar-refractivity contribution in [3.05, 3.63) is 29.3 Å². The molecular weight excluding hydrogens is 232 g/mol. The van der Waals surface area contributed by atoms with E-state index < -0.39 is 0 Å². The number of nitrogens with zero attached hydrogens (tertiary/aromatic N) is 2. The van der Waals surface area contributed by atoms with Gasteiger partial charge in [-0.2, -0.15) is 0 Å². The number of carbonyl (C=O) groups excluding carboxylic acids is 2. The van der Waals surface area contributed by atoms with Gasteiger partial charge in [0.05, 0.1) is 6.54 Å². The lowest BCUT2D eigenvalue weighted by Crippen LogP contribution is -2.37. The Morgan fingerprint density at radius 2 is 1.83 bits per heavy atom. The van der Waals surface area contributed by atoms with Gasteiger partial charge in [0.2, 0.25) is 5.91 Å². The molecule has 1 N–H and O–H groups in total. The first-order valence-electron chi connectivity index (χ1n) is 5.58. The average molecular weight is 250 g/mol. The molecule has 98 valence electrons. The molecule has 18 heavy (non-hydrogen) atoms. The summed E-state index contributed by atoms with van der Waals surface area (Å²) in [5, 5.41) is 9.40. The Bertz CT molecular complexity index is 469. The molecule has 0 saturated heterocycles. The van der Waals surface area contributed by atoms with Crippen LogP contribution in [0.4, 0.5) is 0 Å². The Balaban J connectivity index is 2.80. The maximum atomic E-state index is 12.0. The average Bonchev–Trinajstić information content (AvgIpc) is 2.31. The Kier molecular flexibility index (Phi) is 4.31. The second-order valence-electron chi connectivity index (χ2n) is 4.45. The second kappa shape index (κ2) is 5.53. The summed E-state index contributed by atoms with van der Waals surface area (Å²) in [6.45, 7) is 1.75. The van der Waals surface area contributed by atoms with Crippen LogP contribution in [0.2, 0.25) is 0 Å². The predicted octanol–water partition coefficient (Wildman–Crippen LogP) is 0.861. The molecule has 5 heteroatoms. The van der Waals surface area contributed by atoms with Gasteiger partial charge >= 0.3 is 0 Å². The molecule has 5 nitrogen and oxygen atoms in total. The number of aryl methyl sites for hydroxylation is 1. The van der Waals surface area contributed by atoms with Gasteiger partial charge < -0.3 is 14.9 Å². The van der Waals surface area contributed by atoms with Crippen molar-refractivity contribution in [1.29, 1.82) is 0 Å². The highest BCUT2D eigenvalue weighted by atomic mass is 16.3. The molecule has 1 rings (SSSR count). The number of benzene rings is 1. The van der Waals surface area contributed by atoms with Crippen molar-refractivity contribution >= 4 is 11.8 Å². The van der Waals surface area contributed by atoms with Crippen LogP contribution in [0.3, 0.4) is 0 Å². The third kappa shape index (κ3) is 3.23. The lowest BCUT2D eigenvalue weighted by molar-refractivity contribution is -0.129. The molecule has 1 aromatic rings. The fraction of sp³-hybridized carbons (Fsp3) is 0.385. The van der Waals surface area contributed by atoms with Gasteiger partial charge in [-0.15, -0.1) is 0 Å². The molecule has 0 heterocycles. The van der Waals surface area contributed by atoms with Gasteiger partial charge in [-0.25, -0.2) is 0 Å². The molecule has 0 aromatic heterocycles. The van der Waals surface area contributed by atoms with E-state index in [0.717, 1.165) is 0 Å². The van der Waals surface area contributed by atoms with E-state index in [2.05, 4.69) is 0 Å². The standard InChI is InChI=1S/C13H18N2O3/c1-9-7-10(5-6-11(9)16)13(18)15(4)8-12(17)14(2)3/h5-7,16H,8H2,1-4H3. The molecule has 0 aliphatic heterocycles. The van der Waals surface area contributed by atoms with Gasteiger partial charge in [0.25, 0.3) is 5.91 Å². The zero-order valence-corrected chi connectivity index (χ0v) is 11.1. The van der Waals surface area contributed by atoms with E-state index in [9.17, 15) is 14.7 Å². The predicted molar refractivity (Wildman–Crippen MR) is 68.5 cm³/mol. The zero-order chi connectivity index (χ0) is 13.9. The first-order valence-corrected chi connectivity index (χ1v) is 5.58. The first kappa shape index (κ1) is 14.0. The molecule has 2 amide bonds. The van der Waals surface area contributed by atoms with Crippen LogP contribution < -0.4 is 0 Å². The van der Waals surface area contributed by atoms with E-state index in [1.807, 2.05) is 0 Å². The van der Waals surface area contributed by atoms with E-state index in [1.54, 1.807) is 40.2 Å². The highest BCUT2D eigenvalue weighted by molar-refractivity contribution is 5.96. The largest absolute Gasteiger partial charge is 0.508 e. The van der Waals surface area contributed by atoms with Crippen molar-refractivity contribution in [3.8, 4) is 5.75 Å². The lowest BCUT2D eigenvalue weighted by Gasteiger charge is -2.19. The van der Waals surface area contributed by atoms with Gasteiger partial charge in [0.1, 0.15) is 5.75 Å². The van der Waals surface area contributed by atoms with Crippen molar-refractivity contribution in [1.82, 2.24) is 9.80 Å². The summed E-state index contributed by atoms with van der Waals surface area (Å²) in [6.07, 6.45) is 0. The van der Waals surface area contributed by atoms with Crippen LogP contribution in [0.1, 0.15) is 15.9 Å². The fourth-order valence-electron chi connectivity index (χ4n) is 1.42. The maximum Gasteiger partial charge on any atom is 0.254 e. The number of hydrogen-bond donors (Lipinski definition) is 1. The molecule has 0 spiro atoms. The molecule has 0 saturated carbocycles. The molecule has 0 bridgehead atoms. The minimum absolute atomic E-state index is 0.0335. The van der Waals surface area contributed by atoms with Crippen LogP contribution in [0.15, 0.2) is 18.2 Å². The van der Waals surface area contributed by atoms with Crippen molar-refractivity contribution in [2.45, 2.75) is 6.92 Å². The number of hydrogen-bond acceptors (Lipinski definition) is 3.